The second-order valence-electron chi connectivity index (χ2n) is 7.27. The average Bonchev–Trinajstić information content (AvgIpc) is 2.23. The summed E-state index contributed by atoms with van der Waals surface area (Å²) in [5.74, 6) is 0.555. The highest BCUT2D eigenvalue weighted by molar-refractivity contribution is 5.81. The third-order valence-electron chi connectivity index (χ3n) is 3.70. The molecule has 1 rings (SSSR count). The lowest BCUT2D eigenvalue weighted by Crippen LogP contribution is -2.53. The molecule has 1 amide bonds. The number of carbonyl (C=O) groups excluding carboxylic acids is 1. The van der Waals surface area contributed by atoms with Gasteiger partial charge in [0, 0.05) is 12.1 Å². The van der Waals surface area contributed by atoms with E-state index in [-0.39, 0.29) is 17.5 Å². The minimum atomic E-state index is -0.645. The van der Waals surface area contributed by atoms with E-state index in [4.69, 9.17) is 0 Å². The summed E-state index contributed by atoms with van der Waals surface area (Å²) in [6, 6.07) is -0.277. The van der Waals surface area contributed by atoms with Crippen LogP contribution >= 0.6 is 0 Å². The molecule has 0 saturated heterocycles. The van der Waals surface area contributed by atoms with E-state index >= 15 is 0 Å². The Hall–Kier alpha value is -0.610. The van der Waals surface area contributed by atoms with Crippen LogP contribution in [-0.2, 0) is 4.79 Å². The van der Waals surface area contributed by atoms with Gasteiger partial charge in [0.25, 0.3) is 0 Å². The van der Waals surface area contributed by atoms with E-state index < -0.39 is 5.60 Å². The molecule has 0 aromatic rings. The Morgan fingerprint density at radius 1 is 1.47 bits per heavy atom. The standard InChI is InChI=1S/C15H30N2O2/c1-11-7-6-8-15(19,9-11)10-16-12(2)13(18)17-14(3,4)5/h11-12,16,19H,6-10H2,1-5H3,(H,17,18). The lowest BCUT2D eigenvalue weighted by molar-refractivity contribution is -0.124. The molecule has 0 aromatic carbocycles. The van der Waals surface area contributed by atoms with Crippen molar-refractivity contribution in [2.24, 2.45) is 5.92 Å². The topological polar surface area (TPSA) is 61.4 Å². The quantitative estimate of drug-likeness (QED) is 0.730. The molecule has 0 aromatic heterocycles. The van der Waals surface area contributed by atoms with Gasteiger partial charge >= 0.3 is 0 Å². The van der Waals surface area contributed by atoms with Crippen molar-refractivity contribution in [3.63, 3.8) is 0 Å². The van der Waals surface area contributed by atoms with E-state index in [9.17, 15) is 9.90 Å². The SMILES string of the molecule is CC1CCCC(O)(CNC(C)C(=O)NC(C)(C)C)C1. The zero-order valence-electron chi connectivity index (χ0n) is 13.0. The Kier molecular flexibility index (Phi) is 5.39. The molecule has 4 heteroatoms. The molecule has 1 aliphatic rings. The summed E-state index contributed by atoms with van der Waals surface area (Å²) >= 11 is 0. The third kappa shape index (κ3) is 5.91. The summed E-state index contributed by atoms with van der Waals surface area (Å²) in [4.78, 5) is 11.9. The van der Waals surface area contributed by atoms with E-state index in [1.54, 1.807) is 0 Å². The van der Waals surface area contributed by atoms with Gasteiger partial charge in [0.2, 0.25) is 5.91 Å². The van der Waals surface area contributed by atoms with E-state index in [2.05, 4.69) is 17.6 Å². The first-order chi connectivity index (χ1) is 8.61. The first-order valence-corrected chi connectivity index (χ1v) is 7.39. The monoisotopic (exact) mass is 270 g/mol. The van der Waals surface area contributed by atoms with E-state index in [1.807, 2.05) is 27.7 Å². The first kappa shape index (κ1) is 16.4. The summed E-state index contributed by atoms with van der Waals surface area (Å²) in [6.45, 7) is 10.4. The summed E-state index contributed by atoms with van der Waals surface area (Å²) < 4.78 is 0. The van der Waals surface area contributed by atoms with Gasteiger partial charge in [-0.1, -0.05) is 19.8 Å². The van der Waals surface area contributed by atoms with Crippen LogP contribution in [0.2, 0.25) is 0 Å². The minimum absolute atomic E-state index is 0.0139. The number of hydrogen-bond acceptors (Lipinski definition) is 3. The summed E-state index contributed by atoms with van der Waals surface area (Å²) in [5, 5.41) is 16.6. The van der Waals surface area contributed by atoms with Crippen LogP contribution in [0.25, 0.3) is 0 Å². The van der Waals surface area contributed by atoms with Gasteiger partial charge in [0.1, 0.15) is 0 Å². The zero-order chi connectivity index (χ0) is 14.7. The second kappa shape index (κ2) is 6.23. The second-order valence-corrected chi connectivity index (χ2v) is 7.27. The highest BCUT2D eigenvalue weighted by Gasteiger charge is 2.33. The Labute approximate surface area is 117 Å². The van der Waals surface area contributed by atoms with Crippen LogP contribution in [0.15, 0.2) is 0 Å². The minimum Gasteiger partial charge on any atom is -0.389 e. The van der Waals surface area contributed by atoms with Crippen molar-refractivity contribution < 1.29 is 9.90 Å². The van der Waals surface area contributed by atoms with Gasteiger partial charge in [-0.2, -0.15) is 0 Å². The zero-order valence-corrected chi connectivity index (χ0v) is 13.0. The smallest absolute Gasteiger partial charge is 0.237 e. The van der Waals surface area contributed by atoms with Gasteiger partial charge < -0.3 is 15.7 Å². The van der Waals surface area contributed by atoms with E-state index in [1.165, 1.54) is 6.42 Å². The largest absolute Gasteiger partial charge is 0.389 e. The highest BCUT2D eigenvalue weighted by Crippen LogP contribution is 2.31. The number of rotatable bonds is 4. The molecule has 112 valence electrons. The molecule has 3 atom stereocenters. The Morgan fingerprint density at radius 2 is 2.11 bits per heavy atom. The van der Waals surface area contributed by atoms with Crippen LogP contribution in [0.1, 0.15) is 60.3 Å². The molecule has 0 bridgehead atoms. The fraction of sp³-hybridized carbons (Fsp3) is 0.933. The van der Waals surface area contributed by atoms with Crippen molar-refractivity contribution in [3.8, 4) is 0 Å². The van der Waals surface area contributed by atoms with Crippen molar-refractivity contribution in [2.45, 2.75) is 77.5 Å². The van der Waals surface area contributed by atoms with E-state index in [0.29, 0.717) is 12.5 Å². The summed E-state index contributed by atoms with van der Waals surface area (Å²) in [5.41, 5.74) is -0.864. The van der Waals surface area contributed by atoms with Crippen LogP contribution in [0, 0.1) is 5.92 Å². The highest BCUT2D eigenvalue weighted by atomic mass is 16.3. The predicted octanol–water partition coefficient (Wildman–Crippen LogP) is 1.82. The van der Waals surface area contributed by atoms with Gasteiger partial charge in [-0.3, -0.25) is 4.79 Å². The van der Waals surface area contributed by atoms with Crippen molar-refractivity contribution in [1.82, 2.24) is 10.6 Å². The van der Waals surface area contributed by atoms with Crippen molar-refractivity contribution in [2.75, 3.05) is 6.54 Å². The lowest BCUT2D eigenvalue weighted by Gasteiger charge is -2.36. The van der Waals surface area contributed by atoms with Gasteiger partial charge in [-0.15, -0.1) is 0 Å². The van der Waals surface area contributed by atoms with Crippen LogP contribution in [-0.4, -0.2) is 34.7 Å². The molecule has 0 spiro atoms. The molecule has 19 heavy (non-hydrogen) atoms. The molecule has 0 radical (unpaired) electrons. The molecule has 3 unspecified atom stereocenters. The molecule has 0 aliphatic heterocycles. The summed E-state index contributed by atoms with van der Waals surface area (Å²) in [6.07, 6.45) is 3.93. The third-order valence-corrected chi connectivity index (χ3v) is 3.70. The molecule has 1 saturated carbocycles. The molecule has 4 nitrogen and oxygen atoms in total. The normalized spacial score (nSPS) is 29.9. The number of aliphatic hydroxyl groups is 1. The number of amides is 1. The van der Waals surface area contributed by atoms with Crippen molar-refractivity contribution >= 4 is 5.91 Å². The predicted molar refractivity (Wildman–Crippen MR) is 77.9 cm³/mol. The fourth-order valence-electron chi connectivity index (χ4n) is 2.71. The van der Waals surface area contributed by atoms with Gasteiger partial charge in [-0.05, 0) is 46.5 Å². The summed E-state index contributed by atoms with van der Waals surface area (Å²) in [7, 11) is 0. The molecule has 0 heterocycles. The molecule has 1 aliphatic carbocycles. The van der Waals surface area contributed by atoms with Gasteiger partial charge in [0.05, 0.1) is 11.6 Å². The van der Waals surface area contributed by atoms with Crippen LogP contribution in [0.5, 0.6) is 0 Å². The number of hydrogen-bond donors (Lipinski definition) is 3. The lowest BCUT2D eigenvalue weighted by atomic mass is 9.79. The number of carbonyl (C=O) groups is 1. The Morgan fingerprint density at radius 3 is 2.63 bits per heavy atom. The van der Waals surface area contributed by atoms with Crippen LogP contribution < -0.4 is 10.6 Å². The molecular weight excluding hydrogens is 240 g/mol. The Balaban J connectivity index is 2.41. The molecule has 3 N–H and O–H groups in total. The average molecular weight is 270 g/mol. The maximum absolute atomic E-state index is 11.9. The molecular formula is C15H30N2O2. The van der Waals surface area contributed by atoms with Crippen LogP contribution in [0.4, 0.5) is 0 Å². The molecule has 1 fully saturated rings. The van der Waals surface area contributed by atoms with Crippen molar-refractivity contribution in [1.29, 1.82) is 0 Å². The maximum atomic E-state index is 11.9. The number of nitrogens with one attached hydrogen (secondary N) is 2. The van der Waals surface area contributed by atoms with E-state index in [0.717, 1.165) is 19.3 Å². The maximum Gasteiger partial charge on any atom is 0.237 e. The van der Waals surface area contributed by atoms with Crippen molar-refractivity contribution in [3.05, 3.63) is 0 Å². The fourth-order valence-corrected chi connectivity index (χ4v) is 2.71. The van der Waals surface area contributed by atoms with Gasteiger partial charge in [0.15, 0.2) is 0 Å². The van der Waals surface area contributed by atoms with Gasteiger partial charge in [-0.25, -0.2) is 0 Å². The first-order valence-electron chi connectivity index (χ1n) is 7.39. The Bertz CT molecular complexity index is 312. The van der Waals surface area contributed by atoms with Crippen LogP contribution in [0.3, 0.4) is 0 Å².